The highest BCUT2D eigenvalue weighted by Crippen LogP contribution is 2.58. The predicted molar refractivity (Wildman–Crippen MR) is 256 cm³/mol. The van der Waals surface area contributed by atoms with Crippen molar-refractivity contribution in [3.63, 3.8) is 0 Å². The van der Waals surface area contributed by atoms with Crippen molar-refractivity contribution in [3.8, 4) is 0 Å². The number of ether oxygens (including phenoxy) is 11. The lowest BCUT2D eigenvalue weighted by Gasteiger charge is -2.49. The third-order valence-corrected chi connectivity index (χ3v) is 19.7. The maximum absolute atomic E-state index is 14.4. The van der Waals surface area contributed by atoms with Crippen molar-refractivity contribution < 1.29 is 96.9 Å². The number of fused-ring (bicyclic) bond motifs is 10. The summed E-state index contributed by atoms with van der Waals surface area (Å²) in [6.07, 6.45) is -2.41. The lowest BCUT2D eigenvalue weighted by molar-refractivity contribution is -0.437. The molecule has 420 valence electrons. The molecule has 12 bridgehead atoms. The number of hydrogen-bond acceptors (Lipinski definition) is 20. The van der Waals surface area contributed by atoms with Gasteiger partial charge < -0.3 is 72.5 Å². The molecule has 0 aromatic rings. The van der Waals surface area contributed by atoms with Crippen LogP contribution in [0.4, 0.5) is 0 Å². The van der Waals surface area contributed by atoms with E-state index in [9.17, 15) is 25.2 Å². The Labute approximate surface area is 438 Å². The fourth-order valence-corrected chi connectivity index (χ4v) is 15.4. The largest absolute Gasteiger partial charge is 0.459 e. The molecule has 0 radical (unpaired) electrons. The summed E-state index contributed by atoms with van der Waals surface area (Å²) >= 11 is 0. The predicted octanol–water partition coefficient (Wildman–Crippen LogP) is 3.77. The Bertz CT molecular complexity index is 2100. The van der Waals surface area contributed by atoms with Crippen molar-refractivity contribution in [1.82, 2.24) is 0 Å². The Kier molecular flexibility index (Phi) is 14.7. The van der Waals surface area contributed by atoms with Gasteiger partial charge in [0.15, 0.2) is 6.10 Å². The second kappa shape index (κ2) is 21.0. The van der Waals surface area contributed by atoms with Crippen LogP contribution in [0.3, 0.4) is 0 Å². The van der Waals surface area contributed by atoms with Crippen LogP contribution in [0.1, 0.15) is 136 Å². The van der Waals surface area contributed by atoms with Gasteiger partial charge >= 0.3 is 5.97 Å². The van der Waals surface area contributed by atoms with Crippen LogP contribution in [-0.4, -0.2) is 191 Å². The molecule has 75 heavy (non-hydrogen) atoms. The summed E-state index contributed by atoms with van der Waals surface area (Å²) < 4.78 is 73.4. The highest BCUT2D eigenvalue weighted by atomic mass is 17.2. The summed E-state index contributed by atoms with van der Waals surface area (Å²) in [5, 5.41) is 43.9. The quantitative estimate of drug-likeness (QED) is 0.179. The summed E-state index contributed by atoms with van der Waals surface area (Å²) in [6, 6.07) is 0. The molecule has 14 heterocycles. The Hall–Kier alpha value is -1.77. The van der Waals surface area contributed by atoms with E-state index in [1.165, 1.54) is 0 Å². The second-order valence-electron chi connectivity index (χ2n) is 24.6. The molecule has 4 N–H and O–H groups in total. The standard InChI is InChI=1S/C55H80O20/c1-25-6-5-7-35-36(73-75-45-22-39(68-47(25)45)32(57)15-17-56)13-12-34-44(74-72-35)24-42-41(64-34)23-43-40(65-42)21-38-28(4)26(2)18-29(62-38)8-10-33-27(3)19-31(61-33)14-16-54-53(59)55(60)52(71-54)51-50(70-55)49(69-54)48-37(67-51)11-9-30(63-48)20-46(58)66-43/h25-26,29-45,47-53,56-57,59-60H,3-24H2,1-2H3/t25-,26+,29-,30+,31-,32-,33-,34+,35-,36-,37-,38+,39-,40-,41-,42-,43+,44+,45-,47?,48-,49-,50-,51+,52?,53-,54+,55+/m0/s1. The van der Waals surface area contributed by atoms with Crippen molar-refractivity contribution >= 4 is 5.97 Å². The molecule has 28 atom stereocenters. The Morgan fingerprint density at radius 3 is 2.12 bits per heavy atom. The number of aliphatic hydroxyl groups is 4. The molecule has 0 saturated carbocycles. The lowest BCUT2D eigenvalue weighted by atomic mass is 9.82. The molecule has 0 amide bonds. The average molecular weight is 1060 g/mol. The van der Waals surface area contributed by atoms with Crippen molar-refractivity contribution in [2.75, 3.05) is 6.61 Å². The highest BCUT2D eigenvalue weighted by Gasteiger charge is 2.79. The molecule has 14 fully saturated rings. The van der Waals surface area contributed by atoms with Gasteiger partial charge in [0.25, 0.3) is 0 Å². The number of carbonyl (C=O) groups excluding carboxylic acids is 1. The van der Waals surface area contributed by atoms with Crippen LogP contribution in [0.5, 0.6) is 0 Å². The lowest BCUT2D eigenvalue weighted by Crippen LogP contribution is -2.63. The number of hydrogen-bond donors (Lipinski definition) is 4. The molecular weight excluding hydrogens is 981 g/mol. The zero-order valence-corrected chi connectivity index (χ0v) is 43.4. The van der Waals surface area contributed by atoms with Crippen LogP contribution < -0.4 is 0 Å². The Morgan fingerprint density at radius 2 is 1.28 bits per heavy atom. The van der Waals surface area contributed by atoms with Gasteiger partial charge in [0.1, 0.15) is 61.0 Å². The van der Waals surface area contributed by atoms with E-state index in [0.29, 0.717) is 77.0 Å². The third kappa shape index (κ3) is 9.74. The van der Waals surface area contributed by atoms with Gasteiger partial charge in [-0.1, -0.05) is 33.4 Å². The first-order valence-corrected chi connectivity index (χ1v) is 28.7. The smallest absolute Gasteiger partial charge is 0.308 e. The van der Waals surface area contributed by atoms with Crippen molar-refractivity contribution in [2.24, 2.45) is 11.8 Å². The number of aliphatic hydroxyl groups excluding tert-OH is 3. The minimum atomic E-state index is -2.03. The maximum atomic E-state index is 14.4. The minimum absolute atomic E-state index is 0.0350. The molecule has 14 saturated heterocycles. The molecule has 20 nitrogen and oxygen atoms in total. The SMILES string of the molecule is C=C1C[C@@H]2CC[C@]34OC5[C@@H]6O[C@H]7CC[C@H](CC(=O)O[C@@H]8C[C@@H]9O[C@@H]%10CC[C@@H]%11OO[C@H]%12C[C@@H]([C@@H](O)CCO)OC%12[C@@H](C)CCC[C@@H]%11OO[C@@H]%10C[C@@H]9O[C@H]8C[C@H]8O[C@@H](CC[C@@H]1O2)C[C@@H](C)C8=C)O[C@@H]7[C@H](O3)[C@@H]6O[C@@]5(O)[C@H]4O. The van der Waals surface area contributed by atoms with Gasteiger partial charge in [-0.3, -0.25) is 4.79 Å². The van der Waals surface area contributed by atoms with Crippen molar-refractivity contribution in [3.05, 3.63) is 24.3 Å². The molecule has 2 unspecified atom stereocenters. The number of carbonyl (C=O) groups is 1. The maximum Gasteiger partial charge on any atom is 0.308 e. The molecular formula is C55H80O20. The van der Waals surface area contributed by atoms with Crippen LogP contribution in [-0.2, 0) is 76.5 Å². The van der Waals surface area contributed by atoms with Gasteiger partial charge in [-0.05, 0) is 100 Å². The zero-order chi connectivity index (χ0) is 51.5. The molecule has 0 aromatic heterocycles. The Morgan fingerprint density at radius 1 is 0.587 bits per heavy atom. The molecule has 0 aliphatic carbocycles. The first-order chi connectivity index (χ1) is 36.2. The van der Waals surface area contributed by atoms with E-state index in [0.717, 1.165) is 36.8 Å². The molecule has 14 rings (SSSR count). The first-order valence-electron chi connectivity index (χ1n) is 28.7. The highest BCUT2D eigenvalue weighted by molar-refractivity contribution is 5.70. The number of rotatable bonds is 3. The van der Waals surface area contributed by atoms with Crippen LogP contribution >= 0.6 is 0 Å². The monoisotopic (exact) mass is 1060 g/mol. The van der Waals surface area contributed by atoms with Crippen LogP contribution in [0, 0.1) is 11.8 Å². The van der Waals surface area contributed by atoms with E-state index in [-0.39, 0.29) is 80.4 Å². The van der Waals surface area contributed by atoms with Gasteiger partial charge in [-0.15, -0.1) is 0 Å². The van der Waals surface area contributed by atoms with Gasteiger partial charge in [0.05, 0.1) is 85.8 Å². The van der Waals surface area contributed by atoms with E-state index in [4.69, 9.17) is 71.7 Å². The van der Waals surface area contributed by atoms with E-state index in [1.807, 2.05) is 0 Å². The Balaban J connectivity index is 0.728. The van der Waals surface area contributed by atoms with E-state index in [1.54, 1.807) is 0 Å². The van der Waals surface area contributed by atoms with Gasteiger partial charge in [-0.25, -0.2) is 19.6 Å². The van der Waals surface area contributed by atoms with Gasteiger partial charge in [-0.2, -0.15) is 0 Å². The molecule has 0 aromatic carbocycles. The fraction of sp³-hybridized carbons (Fsp3) is 0.909. The van der Waals surface area contributed by atoms with Crippen LogP contribution in [0.2, 0.25) is 0 Å². The summed E-state index contributed by atoms with van der Waals surface area (Å²) in [5.41, 5.74) is 1.99. The molecule has 20 heteroatoms. The molecule has 14 aliphatic heterocycles. The van der Waals surface area contributed by atoms with Crippen LogP contribution in [0.15, 0.2) is 24.3 Å². The van der Waals surface area contributed by atoms with E-state index >= 15 is 0 Å². The van der Waals surface area contributed by atoms with Crippen molar-refractivity contribution in [2.45, 2.75) is 294 Å². The minimum Gasteiger partial charge on any atom is -0.459 e. The number of esters is 1. The van der Waals surface area contributed by atoms with Crippen molar-refractivity contribution in [1.29, 1.82) is 0 Å². The molecule has 14 aliphatic rings. The van der Waals surface area contributed by atoms with E-state index < -0.39 is 121 Å². The second-order valence-corrected chi connectivity index (χ2v) is 24.6. The summed E-state index contributed by atoms with van der Waals surface area (Å²) in [7, 11) is 0. The normalized spacial score (nSPS) is 54.4. The molecule has 1 spiro atoms. The zero-order valence-electron chi connectivity index (χ0n) is 43.4. The summed E-state index contributed by atoms with van der Waals surface area (Å²) in [5.74, 6) is -3.74. The fourth-order valence-electron chi connectivity index (χ4n) is 15.4. The summed E-state index contributed by atoms with van der Waals surface area (Å²) in [4.78, 5) is 39.4. The first kappa shape index (κ1) is 52.6. The average Bonchev–Trinajstić information content (AvgIpc) is 4.13. The van der Waals surface area contributed by atoms with E-state index in [2.05, 4.69) is 27.0 Å². The van der Waals surface area contributed by atoms with Gasteiger partial charge in [0, 0.05) is 38.7 Å². The topological polar surface area (TPSA) is 236 Å². The third-order valence-electron chi connectivity index (χ3n) is 19.7. The summed E-state index contributed by atoms with van der Waals surface area (Å²) in [6.45, 7) is 13.2. The van der Waals surface area contributed by atoms with Gasteiger partial charge in [0.2, 0.25) is 11.6 Å². The van der Waals surface area contributed by atoms with Crippen LogP contribution in [0.25, 0.3) is 0 Å².